The topological polar surface area (TPSA) is 85.6 Å². The third-order valence-corrected chi connectivity index (χ3v) is 3.83. The minimum atomic E-state index is 0. The molecule has 1 aromatic heterocycles. The standard InChI is InChI=1S/C16H28N6O2.HI/c1-4-7-17-16(19-11-15-21-20-13(2)22(15)3)18-8-5-9-24-14-6-10-23-12-14;/h4,14H,1,5-12H2,2-3H3,(H2,17,18,19);1H. The minimum Gasteiger partial charge on any atom is -0.379 e. The molecule has 1 aliphatic rings. The van der Waals surface area contributed by atoms with Crippen LogP contribution in [0.15, 0.2) is 17.6 Å². The molecule has 142 valence electrons. The van der Waals surface area contributed by atoms with Crippen molar-refractivity contribution in [3.8, 4) is 0 Å². The van der Waals surface area contributed by atoms with Gasteiger partial charge < -0.3 is 24.7 Å². The lowest BCUT2D eigenvalue weighted by atomic mass is 10.3. The van der Waals surface area contributed by atoms with Gasteiger partial charge in [-0.2, -0.15) is 0 Å². The Morgan fingerprint density at radius 3 is 2.96 bits per heavy atom. The normalized spacial score (nSPS) is 17.2. The Labute approximate surface area is 166 Å². The van der Waals surface area contributed by atoms with Gasteiger partial charge in [-0.1, -0.05) is 6.08 Å². The second-order valence-electron chi connectivity index (χ2n) is 5.69. The molecule has 2 N–H and O–H groups in total. The summed E-state index contributed by atoms with van der Waals surface area (Å²) in [5.41, 5.74) is 0. The van der Waals surface area contributed by atoms with Gasteiger partial charge >= 0.3 is 0 Å². The van der Waals surface area contributed by atoms with Gasteiger partial charge in [0, 0.05) is 33.4 Å². The molecule has 25 heavy (non-hydrogen) atoms. The number of rotatable bonds is 9. The lowest BCUT2D eigenvalue weighted by Gasteiger charge is -2.13. The number of hydrogen-bond donors (Lipinski definition) is 2. The van der Waals surface area contributed by atoms with Gasteiger partial charge in [-0.05, 0) is 19.8 Å². The minimum absolute atomic E-state index is 0. The number of nitrogens with zero attached hydrogens (tertiary/aromatic N) is 4. The number of aliphatic imine (C=N–C) groups is 1. The summed E-state index contributed by atoms with van der Waals surface area (Å²) in [6, 6.07) is 0. The van der Waals surface area contributed by atoms with Gasteiger partial charge in [-0.25, -0.2) is 4.99 Å². The summed E-state index contributed by atoms with van der Waals surface area (Å²) in [6.45, 7) is 9.80. The fourth-order valence-electron chi connectivity index (χ4n) is 2.25. The van der Waals surface area contributed by atoms with Crippen LogP contribution in [0.3, 0.4) is 0 Å². The van der Waals surface area contributed by atoms with Crippen molar-refractivity contribution in [3.63, 3.8) is 0 Å². The highest BCUT2D eigenvalue weighted by molar-refractivity contribution is 14.0. The number of aryl methyl sites for hydroxylation is 1. The summed E-state index contributed by atoms with van der Waals surface area (Å²) in [5, 5.41) is 14.7. The molecule has 2 rings (SSSR count). The Balaban J connectivity index is 0.00000312. The molecule has 0 bridgehead atoms. The predicted octanol–water partition coefficient (Wildman–Crippen LogP) is 1.16. The summed E-state index contributed by atoms with van der Waals surface area (Å²) >= 11 is 0. The van der Waals surface area contributed by atoms with Gasteiger partial charge in [0.25, 0.3) is 0 Å². The second-order valence-corrected chi connectivity index (χ2v) is 5.69. The van der Waals surface area contributed by atoms with Crippen LogP contribution in [0.2, 0.25) is 0 Å². The molecule has 0 amide bonds. The van der Waals surface area contributed by atoms with E-state index in [1.807, 2.05) is 18.5 Å². The molecule has 0 spiro atoms. The number of guanidine groups is 1. The number of ether oxygens (including phenoxy) is 2. The quantitative estimate of drug-likeness (QED) is 0.188. The van der Waals surface area contributed by atoms with Gasteiger partial charge in [0.2, 0.25) is 0 Å². The molecule has 1 atom stereocenters. The van der Waals surface area contributed by atoms with Crippen LogP contribution in [-0.4, -0.2) is 59.7 Å². The van der Waals surface area contributed by atoms with Crippen molar-refractivity contribution in [1.82, 2.24) is 25.4 Å². The number of aromatic nitrogens is 3. The molecule has 1 fully saturated rings. The van der Waals surface area contributed by atoms with Crippen molar-refractivity contribution >= 4 is 29.9 Å². The molecule has 0 saturated carbocycles. The van der Waals surface area contributed by atoms with E-state index < -0.39 is 0 Å². The van der Waals surface area contributed by atoms with Crippen molar-refractivity contribution in [2.24, 2.45) is 12.0 Å². The lowest BCUT2D eigenvalue weighted by Crippen LogP contribution is -2.38. The van der Waals surface area contributed by atoms with E-state index in [1.54, 1.807) is 6.08 Å². The van der Waals surface area contributed by atoms with E-state index in [-0.39, 0.29) is 30.1 Å². The Bertz CT molecular complexity index is 543. The first-order valence-corrected chi connectivity index (χ1v) is 8.38. The fourth-order valence-corrected chi connectivity index (χ4v) is 2.25. The van der Waals surface area contributed by atoms with Crippen LogP contribution in [0.25, 0.3) is 0 Å². The second kappa shape index (κ2) is 12.2. The van der Waals surface area contributed by atoms with E-state index in [4.69, 9.17) is 9.47 Å². The molecular formula is C16H29IN6O2. The zero-order valence-electron chi connectivity index (χ0n) is 15.0. The Morgan fingerprint density at radius 2 is 2.32 bits per heavy atom. The van der Waals surface area contributed by atoms with Gasteiger partial charge in [-0.3, -0.25) is 0 Å². The number of nitrogens with one attached hydrogen (secondary N) is 2. The number of hydrogen-bond acceptors (Lipinski definition) is 5. The van der Waals surface area contributed by atoms with E-state index in [1.165, 1.54) is 0 Å². The average Bonchev–Trinajstić information content (AvgIpc) is 3.21. The van der Waals surface area contributed by atoms with Crippen molar-refractivity contribution in [2.45, 2.75) is 32.4 Å². The highest BCUT2D eigenvalue weighted by Gasteiger charge is 2.15. The molecular weight excluding hydrogens is 435 g/mol. The summed E-state index contributed by atoms with van der Waals surface area (Å²) in [6.07, 6.45) is 3.97. The van der Waals surface area contributed by atoms with E-state index in [9.17, 15) is 0 Å². The number of halogens is 1. The van der Waals surface area contributed by atoms with Crippen molar-refractivity contribution in [3.05, 3.63) is 24.3 Å². The van der Waals surface area contributed by atoms with Gasteiger partial charge in [0.1, 0.15) is 12.4 Å². The Kier molecular flexibility index (Phi) is 10.7. The third-order valence-electron chi connectivity index (χ3n) is 3.83. The van der Waals surface area contributed by atoms with E-state index in [0.29, 0.717) is 13.1 Å². The van der Waals surface area contributed by atoms with Gasteiger partial charge in [-0.15, -0.1) is 40.8 Å². The highest BCUT2D eigenvalue weighted by Crippen LogP contribution is 2.07. The maximum atomic E-state index is 5.75. The monoisotopic (exact) mass is 464 g/mol. The molecule has 0 radical (unpaired) electrons. The lowest BCUT2D eigenvalue weighted by molar-refractivity contribution is 0.0420. The van der Waals surface area contributed by atoms with E-state index in [0.717, 1.165) is 56.8 Å². The third kappa shape index (κ3) is 7.70. The molecule has 2 heterocycles. The first kappa shape index (κ1) is 21.8. The van der Waals surface area contributed by atoms with Crippen LogP contribution in [0, 0.1) is 6.92 Å². The largest absolute Gasteiger partial charge is 0.379 e. The van der Waals surface area contributed by atoms with Crippen molar-refractivity contribution in [1.29, 1.82) is 0 Å². The molecule has 0 aromatic carbocycles. The van der Waals surface area contributed by atoms with Crippen LogP contribution < -0.4 is 10.6 Å². The molecule has 1 unspecified atom stereocenters. The summed E-state index contributed by atoms with van der Waals surface area (Å²) in [5.74, 6) is 2.44. The summed E-state index contributed by atoms with van der Waals surface area (Å²) < 4.78 is 13.0. The maximum Gasteiger partial charge on any atom is 0.191 e. The smallest absolute Gasteiger partial charge is 0.191 e. The average molecular weight is 464 g/mol. The highest BCUT2D eigenvalue weighted by atomic mass is 127. The molecule has 8 nitrogen and oxygen atoms in total. The van der Waals surface area contributed by atoms with Gasteiger partial charge in [0.15, 0.2) is 11.8 Å². The van der Waals surface area contributed by atoms with Crippen LogP contribution in [-0.2, 0) is 23.1 Å². The van der Waals surface area contributed by atoms with Crippen LogP contribution in [0.4, 0.5) is 0 Å². The fraction of sp³-hybridized carbons (Fsp3) is 0.688. The van der Waals surface area contributed by atoms with Gasteiger partial charge in [0.05, 0.1) is 12.7 Å². The van der Waals surface area contributed by atoms with E-state index in [2.05, 4.69) is 32.4 Å². The first-order chi connectivity index (χ1) is 11.7. The van der Waals surface area contributed by atoms with Crippen LogP contribution in [0.5, 0.6) is 0 Å². The zero-order chi connectivity index (χ0) is 17.2. The Morgan fingerprint density at radius 1 is 1.48 bits per heavy atom. The van der Waals surface area contributed by atoms with Crippen molar-refractivity contribution in [2.75, 3.05) is 32.9 Å². The van der Waals surface area contributed by atoms with E-state index >= 15 is 0 Å². The molecule has 1 saturated heterocycles. The molecule has 9 heteroatoms. The first-order valence-electron chi connectivity index (χ1n) is 8.38. The predicted molar refractivity (Wildman–Crippen MR) is 108 cm³/mol. The van der Waals surface area contributed by atoms with Crippen molar-refractivity contribution < 1.29 is 9.47 Å². The SMILES string of the molecule is C=CCNC(=NCc1nnc(C)n1C)NCCCOC1CCOC1.I. The molecule has 0 aliphatic carbocycles. The van der Waals surface area contributed by atoms with Crippen LogP contribution in [0.1, 0.15) is 24.5 Å². The maximum absolute atomic E-state index is 5.75. The summed E-state index contributed by atoms with van der Waals surface area (Å²) in [7, 11) is 1.94. The van der Waals surface area contributed by atoms with Crippen LogP contribution >= 0.6 is 24.0 Å². The Hall–Kier alpha value is -1.20. The molecule has 1 aliphatic heterocycles. The summed E-state index contributed by atoms with van der Waals surface area (Å²) in [4.78, 5) is 4.54. The zero-order valence-corrected chi connectivity index (χ0v) is 17.4. The molecule has 1 aromatic rings.